The highest BCUT2D eigenvalue weighted by Crippen LogP contribution is 2.20. The predicted molar refractivity (Wildman–Crippen MR) is 84.2 cm³/mol. The van der Waals surface area contributed by atoms with E-state index in [9.17, 15) is 4.79 Å². The highest BCUT2D eigenvalue weighted by Gasteiger charge is 2.16. The fraction of sp³-hybridized carbons (Fsp3) is 0.353. The standard InChI is InChI=1S/C17H20N4O/c1-12-16(15-4-6-19-9-14(15)10-20-12)11-21-17(22)7-13-3-2-5-18-8-13/h2-3,5,8,10,19H,4,6-7,9,11H2,1H3,(H,21,22). The Morgan fingerprint density at radius 1 is 1.41 bits per heavy atom. The lowest BCUT2D eigenvalue weighted by molar-refractivity contribution is -0.120. The number of nitrogens with zero attached hydrogens (tertiary/aromatic N) is 2. The SMILES string of the molecule is Cc1ncc2c(c1CNC(=O)Cc1cccnc1)CCNC2. The van der Waals surface area contributed by atoms with Gasteiger partial charge in [0.15, 0.2) is 0 Å². The maximum atomic E-state index is 12.1. The molecule has 0 bridgehead atoms. The predicted octanol–water partition coefficient (Wildman–Crippen LogP) is 1.29. The fourth-order valence-corrected chi connectivity index (χ4v) is 2.82. The van der Waals surface area contributed by atoms with Crippen LogP contribution in [0.2, 0.25) is 0 Å². The number of aryl methyl sites for hydroxylation is 1. The van der Waals surface area contributed by atoms with Crippen LogP contribution in [0.15, 0.2) is 30.7 Å². The number of carbonyl (C=O) groups is 1. The van der Waals surface area contributed by atoms with E-state index >= 15 is 0 Å². The average molecular weight is 296 g/mol. The van der Waals surface area contributed by atoms with Crippen molar-refractivity contribution in [1.82, 2.24) is 20.6 Å². The minimum Gasteiger partial charge on any atom is -0.352 e. The monoisotopic (exact) mass is 296 g/mol. The van der Waals surface area contributed by atoms with Gasteiger partial charge in [-0.05, 0) is 48.2 Å². The molecule has 1 aliphatic heterocycles. The van der Waals surface area contributed by atoms with E-state index in [4.69, 9.17) is 0 Å². The molecule has 2 N–H and O–H groups in total. The molecule has 0 saturated carbocycles. The van der Waals surface area contributed by atoms with Crippen LogP contribution in [-0.2, 0) is 30.7 Å². The molecule has 0 unspecified atom stereocenters. The van der Waals surface area contributed by atoms with Gasteiger partial charge in [0.2, 0.25) is 5.91 Å². The molecule has 2 aromatic rings. The van der Waals surface area contributed by atoms with Crippen LogP contribution in [0.4, 0.5) is 0 Å². The molecule has 0 radical (unpaired) electrons. The van der Waals surface area contributed by atoms with Crippen LogP contribution < -0.4 is 10.6 Å². The summed E-state index contributed by atoms with van der Waals surface area (Å²) in [7, 11) is 0. The van der Waals surface area contributed by atoms with Crippen LogP contribution in [0.5, 0.6) is 0 Å². The molecule has 3 rings (SSSR count). The molecular formula is C17H20N4O. The van der Waals surface area contributed by atoms with Gasteiger partial charge in [0.05, 0.1) is 6.42 Å². The topological polar surface area (TPSA) is 66.9 Å². The Kier molecular flexibility index (Phi) is 4.44. The molecular weight excluding hydrogens is 276 g/mol. The number of hydrogen-bond acceptors (Lipinski definition) is 4. The zero-order valence-corrected chi connectivity index (χ0v) is 12.7. The van der Waals surface area contributed by atoms with Crippen molar-refractivity contribution in [2.45, 2.75) is 32.9 Å². The van der Waals surface area contributed by atoms with E-state index in [1.807, 2.05) is 25.3 Å². The number of pyridine rings is 2. The summed E-state index contributed by atoms with van der Waals surface area (Å²) in [5, 5.41) is 6.36. The number of aromatic nitrogens is 2. The van der Waals surface area contributed by atoms with Gasteiger partial charge in [-0.25, -0.2) is 0 Å². The normalized spacial score (nSPS) is 13.5. The number of fused-ring (bicyclic) bond motifs is 1. The first kappa shape index (κ1) is 14.7. The van der Waals surface area contributed by atoms with Crippen molar-refractivity contribution in [3.8, 4) is 0 Å². The molecule has 1 amide bonds. The smallest absolute Gasteiger partial charge is 0.224 e. The molecule has 114 valence electrons. The minimum absolute atomic E-state index is 0.0129. The largest absolute Gasteiger partial charge is 0.352 e. The molecule has 1 aliphatic rings. The third-order valence-electron chi connectivity index (χ3n) is 4.02. The molecule has 3 heterocycles. The summed E-state index contributed by atoms with van der Waals surface area (Å²) < 4.78 is 0. The van der Waals surface area contributed by atoms with Gasteiger partial charge in [-0.15, -0.1) is 0 Å². The van der Waals surface area contributed by atoms with Crippen LogP contribution in [0.3, 0.4) is 0 Å². The lowest BCUT2D eigenvalue weighted by Gasteiger charge is -2.21. The number of carbonyl (C=O) groups excluding carboxylic acids is 1. The van der Waals surface area contributed by atoms with Gasteiger partial charge >= 0.3 is 0 Å². The Bertz CT molecular complexity index is 670. The highest BCUT2D eigenvalue weighted by molar-refractivity contribution is 5.78. The third-order valence-corrected chi connectivity index (χ3v) is 4.02. The molecule has 0 fully saturated rings. The van der Waals surface area contributed by atoms with Crippen molar-refractivity contribution in [2.75, 3.05) is 6.54 Å². The van der Waals surface area contributed by atoms with Gasteiger partial charge in [-0.3, -0.25) is 14.8 Å². The van der Waals surface area contributed by atoms with E-state index in [0.29, 0.717) is 13.0 Å². The first-order chi connectivity index (χ1) is 10.7. The molecule has 0 spiro atoms. The summed E-state index contributed by atoms with van der Waals surface area (Å²) in [4.78, 5) is 20.6. The second kappa shape index (κ2) is 6.66. The maximum Gasteiger partial charge on any atom is 0.224 e. The Labute approximate surface area is 130 Å². The van der Waals surface area contributed by atoms with Gasteiger partial charge in [-0.2, -0.15) is 0 Å². The van der Waals surface area contributed by atoms with Crippen LogP contribution in [0.1, 0.15) is 27.9 Å². The summed E-state index contributed by atoms with van der Waals surface area (Å²) in [6, 6.07) is 3.76. The molecule has 5 nitrogen and oxygen atoms in total. The van der Waals surface area contributed by atoms with Gasteiger partial charge < -0.3 is 10.6 Å². The highest BCUT2D eigenvalue weighted by atomic mass is 16.1. The molecule has 0 saturated heterocycles. The van der Waals surface area contributed by atoms with Gasteiger partial charge in [-0.1, -0.05) is 6.07 Å². The van der Waals surface area contributed by atoms with Gasteiger partial charge in [0, 0.05) is 37.4 Å². The van der Waals surface area contributed by atoms with Crippen molar-refractivity contribution < 1.29 is 4.79 Å². The number of nitrogens with one attached hydrogen (secondary N) is 2. The summed E-state index contributed by atoms with van der Waals surface area (Å²) in [6.45, 7) is 4.39. The zero-order chi connectivity index (χ0) is 15.4. The second-order valence-corrected chi connectivity index (χ2v) is 5.57. The number of rotatable bonds is 4. The quantitative estimate of drug-likeness (QED) is 0.892. The third kappa shape index (κ3) is 3.31. The van der Waals surface area contributed by atoms with Crippen molar-refractivity contribution in [1.29, 1.82) is 0 Å². The van der Waals surface area contributed by atoms with Gasteiger partial charge in [0.1, 0.15) is 0 Å². The Morgan fingerprint density at radius 3 is 3.14 bits per heavy atom. The van der Waals surface area contributed by atoms with E-state index in [2.05, 4.69) is 20.6 Å². The van der Waals surface area contributed by atoms with E-state index < -0.39 is 0 Å². The van der Waals surface area contributed by atoms with Crippen LogP contribution in [0, 0.1) is 6.92 Å². The van der Waals surface area contributed by atoms with Crippen LogP contribution in [-0.4, -0.2) is 22.4 Å². The molecule has 0 aromatic carbocycles. The Balaban J connectivity index is 1.67. The second-order valence-electron chi connectivity index (χ2n) is 5.57. The first-order valence-electron chi connectivity index (χ1n) is 7.56. The van der Waals surface area contributed by atoms with Crippen molar-refractivity contribution in [3.63, 3.8) is 0 Å². The Morgan fingerprint density at radius 2 is 2.32 bits per heavy atom. The summed E-state index contributed by atoms with van der Waals surface area (Å²) in [5.74, 6) is 0.0129. The Hall–Kier alpha value is -2.27. The molecule has 22 heavy (non-hydrogen) atoms. The first-order valence-corrected chi connectivity index (χ1v) is 7.56. The lowest BCUT2D eigenvalue weighted by atomic mass is 9.96. The molecule has 2 aromatic heterocycles. The fourth-order valence-electron chi connectivity index (χ4n) is 2.82. The summed E-state index contributed by atoms with van der Waals surface area (Å²) in [5.41, 5.74) is 5.68. The van der Waals surface area contributed by atoms with Gasteiger partial charge in [0.25, 0.3) is 0 Å². The van der Waals surface area contributed by atoms with E-state index in [0.717, 1.165) is 30.8 Å². The molecule has 0 aliphatic carbocycles. The van der Waals surface area contributed by atoms with E-state index in [-0.39, 0.29) is 5.91 Å². The van der Waals surface area contributed by atoms with E-state index in [1.54, 1.807) is 12.4 Å². The van der Waals surface area contributed by atoms with Crippen LogP contribution >= 0.6 is 0 Å². The summed E-state index contributed by atoms with van der Waals surface area (Å²) >= 11 is 0. The maximum absolute atomic E-state index is 12.1. The average Bonchev–Trinajstić information content (AvgIpc) is 2.55. The van der Waals surface area contributed by atoms with Crippen LogP contribution in [0.25, 0.3) is 0 Å². The molecule has 5 heteroatoms. The van der Waals surface area contributed by atoms with E-state index in [1.165, 1.54) is 16.7 Å². The summed E-state index contributed by atoms with van der Waals surface area (Å²) in [6.07, 6.45) is 6.73. The number of amides is 1. The molecule has 0 atom stereocenters. The van der Waals surface area contributed by atoms with Crippen molar-refractivity contribution >= 4 is 5.91 Å². The lowest BCUT2D eigenvalue weighted by Crippen LogP contribution is -2.29. The van der Waals surface area contributed by atoms with Crippen molar-refractivity contribution in [2.24, 2.45) is 0 Å². The zero-order valence-electron chi connectivity index (χ0n) is 12.7. The minimum atomic E-state index is 0.0129. The number of hydrogen-bond donors (Lipinski definition) is 2. The van der Waals surface area contributed by atoms with Crippen molar-refractivity contribution in [3.05, 3.63) is 58.7 Å².